The first-order valence-corrected chi connectivity index (χ1v) is 10.6. The van der Waals surface area contributed by atoms with Gasteiger partial charge in [0.1, 0.15) is 18.2 Å². The number of benzene rings is 2. The maximum atomic E-state index is 13.6. The lowest BCUT2D eigenvalue weighted by Gasteiger charge is -2.28. The zero-order valence-corrected chi connectivity index (χ0v) is 20.0. The van der Waals surface area contributed by atoms with Gasteiger partial charge in [0, 0.05) is 6.54 Å². The lowest BCUT2D eigenvalue weighted by molar-refractivity contribution is -0.148. The van der Waals surface area contributed by atoms with Gasteiger partial charge < -0.3 is 24.4 Å². The Morgan fingerprint density at radius 2 is 1.53 bits per heavy atom. The summed E-state index contributed by atoms with van der Waals surface area (Å²) in [5, 5.41) is 2.59. The second kappa shape index (κ2) is 11.8. The number of carbonyl (C=O) groups is 4. The maximum Gasteiger partial charge on any atom is 0.408 e. The zero-order chi connectivity index (χ0) is 25.3. The highest BCUT2D eigenvalue weighted by Crippen LogP contribution is 2.20. The Hall–Kier alpha value is -3.88. The number of methoxy groups -OCH3 is 2. The van der Waals surface area contributed by atoms with Crippen LogP contribution in [0.3, 0.4) is 0 Å². The van der Waals surface area contributed by atoms with E-state index in [1.165, 1.54) is 43.4 Å². The third-order valence-corrected chi connectivity index (χ3v) is 4.65. The van der Waals surface area contributed by atoms with E-state index >= 15 is 0 Å². The summed E-state index contributed by atoms with van der Waals surface area (Å²) in [6, 6.07) is 14.0. The van der Waals surface area contributed by atoms with E-state index in [1.54, 1.807) is 20.8 Å². The van der Waals surface area contributed by atoms with Crippen molar-refractivity contribution in [2.45, 2.75) is 39.0 Å². The fraction of sp³-hybridized carbons (Fsp3) is 0.360. The molecule has 1 N–H and O–H groups in total. The first kappa shape index (κ1) is 26.4. The van der Waals surface area contributed by atoms with Crippen molar-refractivity contribution < 1.29 is 33.4 Å². The largest absolute Gasteiger partial charge is 0.468 e. The lowest BCUT2D eigenvalue weighted by Crippen LogP contribution is -2.45. The van der Waals surface area contributed by atoms with Crippen molar-refractivity contribution in [3.05, 3.63) is 71.3 Å². The fourth-order valence-corrected chi connectivity index (χ4v) is 3.06. The monoisotopic (exact) mass is 470 g/mol. The summed E-state index contributed by atoms with van der Waals surface area (Å²) in [5.74, 6) is -1.70. The molecule has 34 heavy (non-hydrogen) atoms. The van der Waals surface area contributed by atoms with Crippen LogP contribution in [0.2, 0.25) is 0 Å². The van der Waals surface area contributed by atoms with Crippen molar-refractivity contribution >= 4 is 23.9 Å². The van der Waals surface area contributed by atoms with Crippen LogP contribution in [0, 0.1) is 0 Å². The van der Waals surface area contributed by atoms with Gasteiger partial charge in [-0.2, -0.15) is 0 Å². The number of hydrogen-bond acceptors (Lipinski definition) is 7. The smallest absolute Gasteiger partial charge is 0.408 e. The van der Waals surface area contributed by atoms with Gasteiger partial charge in [0.15, 0.2) is 0 Å². The Morgan fingerprint density at radius 3 is 2.06 bits per heavy atom. The third kappa shape index (κ3) is 7.91. The number of alkyl carbamates (subject to hydrolysis) is 1. The van der Waals surface area contributed by atoms with E-state index in [2.05, 4.69) is 5.32 Å². The van der Waals surface area contributed by atoms with Crippen LogP contribution in [-0.4, -0.2) is 55.2 Å². The number of hydrogen-bond donors (Lipinski definition) is 1. The molecular weight excluding hydrogens is 440 g/mol. The highest BCUT2D eigenvalue weighted by atomic mass is 16.6. The quantitative estimate of drug-likeness (QED) is 0.466. The van der Waals surface area contributed by atoms with E-state index in [9.17, 15) is 19.2 Å². The highest BCUT2D eigenvalue weighted by Gasteiger charge is 2.31. The molecule has 2 rings (SSSR count). The molecule has 0 fully saturated rings. The molecule has 182 valence electrons. The second-order valence-corrected chi connectivity index (χ2v) is 8.45. The topological polar surface area (TPSA) is 111 Å². The van der Waals surface area contributed by atoms with E-state index in [1.807, 2.05) is 30.3 Å². The SMILES string of the molecule is COC(=O)CN(Cc1ccccc1)C(=O)C(NC(=O)OC(C)(C)C)c1ccc(C(=O)OC)cc1. The van der Waals surface area contributed by atoms with Gasteiger partial charge in [0.05, 0.1) is 19.8 Å². The molecule has 2 aromatic carbocycles. The van der Waals surface area contributed by atoms with Gasteiger partial charge in [-0.15, -0.1) is 0 Å². The molecule has 2 amide bonds. The standard InChI is InChI=1S/C25H30N2O7/c1-25(2,3)34-24(31)26-21(18-11-13-19(14-12-18)23(30)33-5)22(29)27(16-20(28)32-4)15-17-9-7-6-8-10-17/h6-14,21H,15-16H2,1-5H3,(H,26,31). The molecule has 0 bridgehead atoms. The molecule has 0 saturated heterocycles. The van der Waals surface area contributed by atoms with E-state index in [4.69, 9.17) is 14.2 Å². The van der Waals surface area contributed by atoms with Crippen molar-refractivity contribution in [3.8, 4) is 0 Å². The van der Waals surface area contributed by atoms with Crippen molar-refractivity contribution in [2.75, 3.05) is 20.8 Å². The van der Waals surface area contributed by atoms with Crippen molar-refractivity contribution in [1.82, 2.24) is 10.2 Å². The average molecular weight is 471 g/mol. The Balaban J connectivity index is 2.41. The molecule has 0 aliphatic carbocycles. The molecule has 0 spiro atoms. The number of carbonyl (C=O) groups excluding carboxylic acids is 4. The minimum Gasteiger partial charge on any atom is -0.468 e. The third-order valence-electron chi connectivity index (χ3n) is 4.65. The molecule has 2 aromatic rings. The zero-order valence-electron chi connectivity index (χ0n) is 20.0. The number of rotatable bonds is 8. The van der Waals surface area contributed by atoms with Crippen LogP contribution in [-0.2, 0) is 30.3 Å². The number of nitrogens with zero attached hydrogens (tertiary/aromatic N) is 1. The van der Waals surface area contributed by atoms with Gasteiger partial charge in [0.25, 0.3) is 5.91 Å². The summed E-state index contributed by atoms with van der Waals surface area (Å²) in [7, 11) is 2.50. The molecule has 9 nitrogen and oxygen atoms in total. The first-order chi connectivity index (χ1) is 16.0. The second-order valence-electron chi connectivity index (χ2n) is 8.45. The van der Waals surface area contributed by atoms with Gasteiger partial charge in [-0.3, -0.25) is 9.59 Å². The summed E-state index contributed by atoms with van der Waals surface area (Å²) >= 11 is 0. The summed E-state index contributed by atoms with van der Waals surface area (Å²) in [5.41, 5.74) is 0.677. The van der Waals surface area contributed by atoms with Gasteiger partial charge in [0.2, 0.25) is 0 Å². The summed E-state index contributed by atoms with van der Waals surface area (Å²) in [6.45, 7) is 4.90. The predicted molar refractivity (Wildman–Crippen MR) is 124 cm³/mol. The van der Waals surface area contributed by atoms with E-state index in [0.717, 1.165) is 5.56 Å². The molecule has 1 atom stereocenters. The number of nitrogens with one attached hydrogen (secondary N) is 1. The predicted octanol–water partition coefficient (Wildman–Crippen LogP) is 3.24. The molecule has 0 radical (unpaired) electrons. The minimum atomic E-state index is -1.19. The Bertz CT molecular complexity index is 998. The summed E-state index contributed by atoms with van der Waals surface area (Å²) < 4.78 is 14.8. The maximum absolute atomic E-state index is 13.6. The van der Waals surface area contributed by atoms with Crippen LogP contribution < -0.4 is 5.32 Å². The number of amides is 2. The summed E-state index contributed by atoms with van der Waals surface area (Å²) in [6.07, 6.45) is -0.805. The van der Waals surface area contributed by atoms with E-state index in [-0.39, 0.29) is 18.7 Å². The molecule has 0 aliphatic rings. The fourth-order valence-electron chi connectivity index (χ4n) is 3.06. The number of esters is 2. The van der Waals surface area contributed by atoms with Crippen LogP contribution in [0.4, 0.5) is 4.79 Å². The van der Waals surface area contributed by atoms with Crippen molar-refractivity contribution in [1.29, 1.82) is 0 Å². The van der Waals surface area contributed by atoms with Crippen molar-refractivity contribution in [2.24, 2.45) is 0 Å². The number of ether oxygens (including phenoxy) is 3. The van der Waals surface area contributed by atoms with Crippen LogP contribution in [0.25, 0.3) is 0 Å². The molecular formula is C25H30N2O7. The highest BCUT2D eigenvalue weighted by molar-refractivity contribution is 5.91. The van der Waals surface area contributed by atoms with Crippen LogP contribution in [0.15, 0.2) is 54.6 Å². The van der Waals surface area contributed by atoms with Crippen molar-refractivity contribution in [3.63, 3.8) is 0 Å². The normalized spacial score (nSPS) is 11.7. The van der Waals surface area contributed by atoms with Crippen LogP contribution in [0.5, 0.6) is 0 Å². The molecule has 0 saturated carbocycles. The van der Waals surface area contributed by atoms with E-state index < -0.39 is 35.6 Å². The first-order valence-electron chi connectivity index (χ1n) is 10.6. The lowest BCUT2D eigenvalue weighted by atomic mass is 10.0. The Morgan fingerprint density at radius 1 is 0.912 bits per heavy atom. The summed E-state index contributed by atoms with van der Waals surface area (Å²) in [4.78, 5) is 51.3. The average Bonchev–Trinajstić information content (AvgIpc) is 2.80. The van der Waals surface area contributed by atoms with Gasteiger partial charge in [-0.1, -0.05) is 42.5 Å². The van der Waals surface area contributed by atoms with Crippen LogP contribution in [0.1, 0.15) is 48.3 Å². The van der Waals surface area contributed by atoms with Gasteiger partial charge in [-0.05, 0) is 44.0 Å². The Kier molecular flexibility index (Phi) is 9.18. The molecule has 0 aliphatic heterocycles. The van der Waals surface area contributed by atoms with Crippen LogP contribution >= 0.6 is 0 Å². The van der Waals surface area contributed by atoms with Gasteiger partial charge >= 0.3 is 18.0 Å². The molecule has 9 heteroatoms. The van der Waals surface area contributed by atoms with Gasteiger partial charge in [-0.25, -0.2) is 9.59 Å². The molecule has 1 unspecified atom stereocenters. The van der Waals surface area contributed by atoms with E-state index in [0.29, 0.717) is 5.56 Å². The molecule has 0 aromatic heterocycles. The Labute approximate surface area is 199 Å². The molecule has 0 heterocycles. The minimum absolute atomic E-state index is 0.113.